The lowest BCUT2D eigenvalue weighted by Gasteiger charge is -2.36. The van der Waals surface area contributed by atoms with Gasteiger partial charge in [0.1, 0.15) is 5.69 Å². The molecule has 2 aliphatic rings. The lowest BCUT2D eigenvalue weighted by molar-refractivity contribution is -0.129. The number of carbonyl (C=O) groups excluding carboxylic acids is 2. The van der Waals surface area contributed by atoms with Gasteiger partial charge in [0.05, 0.1) is 12.1 Å². The van der Waals surface area contributed by atoms with Crippen molar-refractivity contribution in [2.24, 2.45) is 0 Å². The molecule has 0 aromatic carbocycles. The maximum absolute atomic E-state index is 12.3. The van der Waals surface area contributed by atoms with Crippen LogP contribution in [0.25, 0.3) is 0 Å². The number of amides is 2. The number of carbonyl (C=O) groups is 2. The van der Waals surface area contributed by atoms with Crippen LogP contribution in [0.3, 0.4) is 0 Å². The van der Waals surface area contributed by atoms with Crippen LogP contribution in [-0.2, 0) is 4.79 Å². The van der Waals surface area contributed by atoms with Gasteiger partial charge in [-0.15, -0.1) is 0 Å². The molecule has 0 saturated carbocycles. The molecule has 9 nitrogen and oxygen atoms in total. The molecule has 136 valence electrons. The highest BCUT2D eigenvalue weighted by Crippen LogP contribution is 2.30. The van der Waals surface area contributed by atoms with Gasteiger partial charge < -0.3 is 14.3 Å². The van der Waals surface area contributed by atoms with Crippen molar-refractivity contribution in [2.75, 3.05) is 26.2 Å². The molecule has 9 heteroatoms. The summed E-state index contributed by atoms with van der Waals surface area (Å²) in [4.78, 5) is 39.7. The lowest BCUT2D eigenvalue weighted by atomic mass is 9.95. The molecule has 0 bridgehead atoms. The Bertz CT molecular complexity index is 794. The van der Waals surface area contributed by atoms with Gasteiger partial charge in [-0.1, -0.05) is 5.16 Å². The first-order chi connectivity index (χ1) is 12.6. The smallest absolute Gasteiger partial charge is 0.274 e. The Hall–Kier alpha value is -2.84. The zero-order chi connectivity index (χ0) is 18.1. The van der Waals surface area contributed by atoms with Gasteiger partial charge in [-0.05, 0) is 12.8 Å². The third-order valence-electron chi connectivity index (χ3n) is 5.06. The predicted molar refractivity (Wildman–Crippen MR) is 89.2 cm³/mol. The summed E-state index contributed by atoms with van der Waals surface area (Å²) in [7, 11) is 0. The molecule has 2 amide bonds. The van der Waals surface area contributed by atoms with E-state index in [1.807, 2.05) is 4.90 Å². The molecule has 0 unspecified atom stereocenters. The molecule has 2 aliphatic heterocycles. The Balaban J connectivity index is 1.33. The minimum atomic E-state index is -0.134. The van der Waals surface area contributed by atoms with Gasteiger partial charge >= 0.3 is 0 Å². The summed E-state index contributed by atoms with van der Waals surface area (Å²) in [5.74, 6) is 1.55. The van der Waals surface area contributed by atoms with E-state index in [1.54, 1.807) is 11.8 Å². The summed E-state index contributed by atoms with van der Waals surface area (Å²) in [5.41, 5.74) is 0.342. The monoisotopic (exact) mass is 356 g/mol. The molecule has 2 saturated heterocycles. The topological polar surface area (TPSA) is 105 Å². The van der Waals surface area contributed by atoms with Crippen molar-refractivity contribution >= 4 is 11.8 Å². The Kier molecular flexibility index (Phi) is 4.36. The fourth-order valence-corrected chi connectivity index (χ4v) is 3.40. The van der Waals surface area contributed by atoms with Gasteiger partial charge in [0, 0.05) is 51.4 Å². The fraction of sp³-hybridized carbons (Fsp3) is 0.529. The molecule has 26 heavy (non-hydrogen) atoms. The normalized spacial score (nSPS) is 18.7. The SMILES string of the molecule is CC(=O)N1CCC(c2noc(C3CN(C(=O)c4cnccn4)C3)n2)CC1. The number of likely N-dealkylation sites (tertiary alicyclic amines) is 2. The number of hydrogen-bond acceptors (Lipinski definition) is 7. The van der Waals surface area contributed by atoms with Gasteiger partial charge in [-0.2, -0.15) is 4.98 Å². The molecule has 0 radical (unpaired) electrons. The van der Waals surface area contributed by atoms with Crippen LogP contribution < -0.4 is 0 Å². The van der Waals surface area contributed by atoms with Crippen molar-refractivity contribution in [2.45, 2.75) is 31.6 Å². The largest absolute Gasteiger partial charge is 0.343 e. The van der Waals surface area contributed by atoms with Crippen LogP contribution >= 0.6 is 0 Å². The minimum absolute atomic E-state index is 0.0641. The van der Waals surface area contributed by atoms with E-state index in [1.165, 1.54) is 18.6 Å². The third kappa shape index (κ3) is 3.16. The Labute approximate surface area is 150 Å². The maximum atomic E-state index is 12.3. The highest BCUT2D eigenvalue weighted by atomic mass is 16.5. The maximum Gasteiger partial charge on any atom is 0.274 e. The average molecular weight is 356 g/mol. The second-order valence-corrected chi connectivity index (χ2v) is 6.77. The second kappa shape index (κ2) is 6.81. The Morgan fingerprint density at radius 2 is 1.88 bits per heavy atom. The lowest BCUT2D eigenvalue weighted by Crippen LogP contribution is -2.48. The minimum Gasteiger partial charge on any atom is -0.343 e. The number of piperidine rings is 1. The van der Waals surface area contributed by atoms with Crippen LogP contribution in [0.2, 0.25) is 0 Å². The van der Waals surface area contributed by atoms with E-state index in [2.05, 4.69) is 20.1 Å². The molecule has 0 spiro atoms. The summed E-state index contributed by atoms with van der Waals surface area (Å²) in [5, 5.41) is 4.13. The molecular weight excluding hydrogens is 336 g/mol. The molecule has 0 atom stereocenters. The van der Waals surface area contributed by atoms with Crippen molar-refractivity contribution in [1.82, 2.24) is 29.9 Å². The zero-order valence-electron chi connectivity index (χ0n) is 14.5. The third-order valence-corrected chi connectivity index (χ3v) is 5.06. The predicted octanol–water partition coefficient (Wildman–Crippen LogP) is 0.825. The van der Waals surface area contributed by atoms with E-state index in [4.69, 9.17) is 4.52 Å². The molecular formula is C17H20N6O3. The summed E-state index contributed by atoms with van der Waals surface area (Å²) >= 11 is 0. The first-order valence-corrected chi connectivity index (χ1v) is 8.76. The van der Waals surface area contributed by atoms with Crippen molar-refractivity contribution in [3.63, 3.8) is 0 Å². The van der Waals surface area contributed by atoms with E-state index in [0.717, 1.165) is 25.9 Å². The van der Waals surface area contributed by atoms with Crippen molar-refractivity contribution in [1.29, 1.82) is 0 Å². The van der Waals surface area contributed by atoms with Gasteiger partial charge in [0.2, 0.25) is 11.8 Å². The van der Waals surface area contributed by atoms with Gasteiger partial charge in [0.25, 0.3) is 5.91 Å². The first-order valence-electron chi connectivity index (χ1n) is 8.76. The molecule has 2 fully saturated rings. The summed E-state index contributed by atoms with van der Waals surface area (Å²) in [6, 6.07) is 0. The summed E-state index contributed by atoms with van der Waals surface area (Å²) < 4.78 is 5.42. The van der Waals surface area contributed by atoms with Crippen LogP contribution in [0.5, 0.6) is 0 Å². The number of nitrogens with zero attached hydrogens (tertiary/aromatic N) is 6. The highest BCUT2D eigenvalue weighted by Gasteiger charge is 2.37. The van der Waals surface area contributed by atoms with E-state index in [9.17, 15) is 9.59 Å². The van der Waals surface area contributed by atoms with Crippen molar-refractivity contribution in [3.8, 4) is 0 Å². The summed E-state index contributed by atoms with van der Waals surface area (Å²) in [6.45, 7) is 4.14. The molecule has 4 rings (SSSR count). The van der Waals surface area contributed by atoms with E-state index in [-0.39, 0.29) is 23.7 Å². The summed E-state index contributed by atoms with van der Waals surface area (Å²) in [6.07, 6.45) is 6.21. The van der Waals surface area contributed by atoms with Crippen LogP contribution in [-0.4, -0.2) is 67.9 Å². The van der Waals surface area contributed by atoms with E-state index >= 15 is 0 Å². The standard InChI is InChI=1S/C17H20N6O3/c1-11(24)22-6-2-12(3-7-22)15-20-16(26-21-15)13-9-23(10-13)17(25)14-8-18-4-5-19-14/h4-5,8,12-13H,2-3,6-7,9-10H2,1H3. The van der Waals surface area contributed by atoms with Gasteiger partial charge in [-0.3, -0.25) is 14.6 Å². The van der Waals surface area contributed by atoms with Crippen molar-refractivity contribution < 1.29 is 14.1 Å². The van der Waals surface area contributed by atoms with Crippen LogP contribution in [0.4, 0.5) is 0 Å². The average Bonchev–Trinajstić information content (AvgIpc) is 3.11. The number of aromatic nitrogens is 4. The van der Waals surface area contributed by atoms with E-state index < -0.39 is 0 Å². The van der Waals surface area contributed by atoms with Gasteiger partial charge in [0.15, 0.2) is 5.82 Å². The number of rotatable bonds is 3. The number of hydrogen-bond donors (Lipinski definition) is 0. The Morgan fingerprint density at radius 1 is 1.12 bits per heavy atom. The van der Waals surface area contributed by atoms with Crippen LogP contribution in [0, 0.1) is 0 Å². The first kappa shape index (κ1) is 16.6. The molecule has 0 aliphatic carbocycles. The second-order valence-electron chi connectivity index (χ2n) is 6.77. The van der Waals surface area contributed by atoms with Crippen molar-refractivity contribution in [3.05, 3.63) is 36.0 Å². The van der Waals surface area contributed by atoms with Crippen LogP contribution in [0.15, 0.2) is 23.1 Å². The highest BCUT2D eigenvalue weighted by molar-refractivity contribution is 5.92. The molecule has 2 aromatic heterocycles. The van der Waals surface area contributed by atoms with Gasteiger partial charge in [-0.25, -0.2) is 4.98 Å². The quantitative estimate of drug-likeness (QED) is 0.802. The van der Waals surface area contributed by atoms with E-state index in [0.29, 0.717) is 30.5 Å². The van der Waals surface area contributed by atoms with Crippen LogP contribution in [0.1, 0.15) is 53.8 Å². The Morgan fingerprint density at radius 3 is 2.54 bits per heavy atom. The molecule has 0 N–H and O–H groups in total. The fourth-order valence-electron chi connectivity index (χ4n) is 3.40. The zero-order valence-corrected chi connectivity index (χ0v) is 14.5. The molecule has 4 heterocycles. The molecule has 2 aromatic rings.